The van der Waals surface area contributed by atoms with Gasteiger partial charge in [0.2, 0.25) is 6.23 Å². The average Bonchev–Trinajstić information content (AvgIpc) is 3.41. The van der Waals surface area contributed by atoms with Crippen LogP contribution in [0.1, 0.15) is 40.9 Å². The van der Waals surface area contributed by atoms with Crippen molar-refractivity contribution in [3.05, 3.63) is 68.5 Å². The lowest BCUT2D eigenvalue weighted by molar-refractivity contribution is -0.0188. The van der Waals surface area contributed by atoms with E-state index in [2.05, 4.69) is 46.1 Å². The molecule has 0 amide bonds. The zero-order valence-corrected chi connectivity index (χ0v) is 15.9. The van der Waals surface area contributed by atoms with Crippen molar-refractivity contribution in [3.63, 3.8) is 0 Å². The van der Waals surface area contributed by atoms with Crippen LogP contribution in [0.15, 0.2) is 58.3 Å². The Bertz CT molecular complexity index is 935. The van der Waals surface area contributed by atoms with Crippen molar-refractivity contribution in [2.24, 2.45) is 5.10 Å². The molecule has 0 unspecified atom stereocenters. The van der Waals surface area contributed by atoms with Crippen molar-refractivity contribution in [3.8, 4) is 11.5 Å². The monoisotopic (exact) mass is 382 g/mol. The number of hydrogen-bond donors (Lipinski definition) is 0. The number of benzene rings is 1. The van der Waals surface area contributed by atoms with E-state index in [0.29, 0.717) is 6.61 Å². The maximum absolute atomic E-state index is 6.45. The summed E-state index contributed by atoms with van der Waals surface area (Å²) in [6.45, 7) is 2.62. The summed E-state index contributed by atoms with van der Waals surface area (Å²) in [4.78, 5) is 2.38. The minimum absolute atomic E-state index is 0.170. The molecule has 3 aromatic rings. The number of fused-ring (bicyclic) bond motifs is 3. The first-order chi connectivity index (χ1) is 12.8. The number of hydrazone groups is 1. The molecule has 0 aliphatic carbocycles. The lowest BCUT2D eigenvalue weighted by Gasteiger charge is -2.38. The molecule has 0 spiro atoms. The van der Waals surface area contributed by atoms with Crippen LogP contribution >= 0.6 is 22.7 Å². The molecule has 5 rings (SSSR count). The van der Waals surface area contributed by atoms with Crippen LogP contribution in [0.25, 0.3) is 0 Å². The SMILES string of the molecule is CCOc1cccc2c1O[C@@H](c1cccs1)N1N=C(c3cccs3)C[C@H]21. The maximum Gasteiger partial charge on any atom is 0.223 e. The van der Waals surface area contributed by atoms with E-state index in [1.54, 1.807) is 22.7 Å². The lowest BCUT2D eigenvalue weighted by atomic mass is 9.98. The smallest absolute Gasteiger partial charge is 0.223 e. The summed E-state index contributed by atoms with van der Waals surface area (Å²) in [6.07, 6.45) is 0.667. The maximum atomic E-state index is 6.45. The summed E-state index contributed by atoms with van der Waals surface area (Å²) < 4.78 is 12.3. The van der Waals surface area contributed by atoms with Crippen LogP contribution in [-0.4, -0.2) is 17.3 Å². The van der Waals surface area contributed by atoms with Gasteiger partial charge in [-0.3, -0.25) is 0 Å². The largest absolute Gasteiger partial charge is 0.490 e. The third kappa shape index (κ3) is 2.52. The summed E-state index contributed by atoms with van der Waals surface area (Å²) in [5.74, 6) is 1.67. The molecule has 0 fully saturated rings. The highest BCUT2D eigenvalue weighted by Crippen LogP contribution is 2.51. The molecular formula is C20H18N2O2S2. The van der Waals surface area contributed by atoms with Gasteiger partial charge in [-0.15, -0.1) is 22.7 Å². The molecular weight excluding hydrogens is 364 g/mol. The summed E-state index contributed by atoms with van der Waals surface area (Å²) in [7, 11) is 0. The van der Waals surface area contributed by atoms with Crippen molar-refractivity contribution in [1.29, 1.82) is 0 Å². The molecule has 0 saturated carbocycles. The van der Waals surface area contributed by atoms with Crippen LogP contribution in [0.3, 0.4) is 0 Å². The van der Waals surface area contributed by atoms with Gasteiger partial charge < -0.3 is 9.47 Å². The highest BCUT2D eigenvalue weighted by molar-refractivity contribution is 7.12. The number of thiophene rings is 2. The second-order valence-corrected chi connectivity index (χ2v) is 8.14. The van der Waals surface area contributed by atoms with Gasteiger partial charge >= 0.3 is 0 Å². The standard InChI is InChI=1S/C20H18N2O2S2/c1-2-23-16-7-3-6-13-15-12-14(17-8-4-10-25-17)21-22(15)20(24-19(13)16)18-9-5-11-26-18/h3-11,15,20H,2,12H2,1H3/t15-,20+/m1/s1. The average molecular weight is 383 g/mol. The number of nitrogens with zero attached hydrogens (tertiary/aromatic N) is 2. The molecule has 0 N–H and O–H groups in total. The fourth-order valence-corrected chi connectivity index (χ4v) is 5.03. The molecule has 2 aliphatic heterocycles. The van der Waals surface area contributed by atoms with Gasteiger partial charge in [-0.2, -0.15) is 5.10 Å². The predicted octanol–water partition coefficient (Wildman–Crippen LogP) is 5.45. The molecule has 2 aliphatic rings. The zero-order valence-electron chi connectivity index (χ0n) is 14.3. The van der Waals surface area contributed by atoms with E-state index in [1.807, 2.05) is 19.1 Å². The Morgan fingerprint density at radius 1 is 1.15 bits per heavy atom. The van der Waals surface area contributed by atoms with Crippen LogP contribution < -0.4 is 9.47 Å². The van der Waals surface area contributed by atoms with Crippen LogP contribution in [0.2, 0.25) is 0 Å². The molecule has 0 radical (unpaired) electrons. The van der Waals surface area contributed by atoms with Gasteiger partial charge in [-0.1, -0.05) is 24.3 Å². The van der Waals surface area contributed by atoms with E-state index in [-0.39, 0.29) is 12.3 Å². The van der Waals surface area contributed by atoms with Crippen molar-refractivity contribution < 1.29 is 9.47 Å². The Kier molecular flexibility index (Phi) is 3.94. The summed E-state index contributed by atoms with van der Waals surface area (Å²) in [5.41, 5.74) is 2.28. The summed E-state index contributed by atoms with van der Waals surface area (Å²) >= 11 is 3.43. The highest BCUT2D eigenvalue weighted by atomic mass is 32.1. The molecule has 4 heterocycles. The van der Waals surface area contributed by atoms with Crippen molar-refractivity contribution >= 4 is 28.4 Å². The van der Waals surface area contributed by atoms with Crippen molar-refractivity contribution in [2.75, 3.05) is 6.61 Å². The normalized spacial score (nSPS) is 21.0. The van der Waals surface area contributed by atoms with E-state index in [1.165, 1.54) is 4.88 Å². The third-order valence-electron chi connectivity index (χ3n) is 4.67. The fraction of sp³-hybridized carbons (Fsp3) is 0.250. The molecule has 4 nitrogen and oxygen atoms in total. The molecule has 2 aromatic heterocycles. The lowest BCUT2D eigenvalue weighted by Crippen LogP contribution is -2.33. The van der Waals surface area contributed by atoms with Gasteiger partial charge in [0.15, 0.2) is 11.5 Å². The molecule has 2 atom stereocenters. The number of para-hydroxylation sites is 1. The van der Waals surface area contributed by atoms with Crippen LogP contribution in [0.5, 0.6) is 11.5 Å². The second-order valence-electron chi connectivity index (χ2n) is 6.22. The molecule has 0 saturated heterocycles. The molecule has 6 heteroatoms. The Labute approximate surface area is 160 Å². The van der Waals surface area contributed by atoms with Gasteiger partial charge in [-0.05, 0) is 35.9 Å². The Hall–Kier alpha value is -2.31. The van der Waals surface area contributed by atoms with Crippen LogP contribution in [-0.2, 0) is 0 Å². The number of ether oxygens (including phenoxy) is 2. The minimum atomic E-state index is -0.216. The fourth-order valence-electron chi connectivity index (χ4n) is 3.56. The highest BCUT2D eigenvalue weighted by Gasteiger charge is 2.42. The summed E-state index contributed by atoms with van der Waals surface area (Å²) in [5, 5.41) is 11.3. The molecule has 26 heavy (non-hydrogen) atoms. The van der Waals surface area contributed by atoms with Crippen LogP contribution in [0, 0.1) is 0 Å². The van der Waals surface area contributed by atoms with Crippen molar-refractivity contribution in [2.45, 2.75) is 25.6 Å². The molecule has 0 bridgehead atoms. The van der Waals surface area contributed by atoms with Crippen LogP contribution in [0.4, 0.5) is 0 Å². The summed E-state index contributed by atoms with van der Waals surface area (Å²) in [6, 6.07) is 14.7. The van der Waals surface area contributed by atoms with Gasteiger partial charge in [0.1, 0.15) is 0 Å². The quantitative estimate of drug-likeness (QED) is 0.602. The van der Waals surface area contributed by atoms with Gasteiger partial charge in [0, 0.05) is 12.0 Å². The number of hydrogen-bond acceptors (Lipinski definition) is 6. The first-order valence-corrected chi connectivity index (χ1v) is 10.5. The minimum Gasteiger partial charge on any atom is -0.490 e. The van der Waals surface area contributed by atoms with Gasteiger partial charge in [0.25, 0.3) is 0 Å². The Morgan fingerprint density at radius 3 is 2.81 bits per heavy atom. The van der Waals surface area contributed by atoms with E-state index in [9.17, 15) is 0 Å². The third-order valence-corrected chi connectivity index (χ3v) is 6.49. The first kappa shape index (κ1) is 15.9. The zero-order chi connectivity index (χ0) is 17.5. The molecule has 132 valence electrons. The van der Waals surface area contributed by atoms with E-state index in [4.69, 9.17) is 14.6 Å². The van der Waals surface area contributed by atoms with E-state index >= 15 is 0 Å². The van der Waals surface area contributed by atoms with Crippen molar-refractivity contribution in [1.82, 2.24) is 5.01 Å². The molecule has 1 aromatic carbocycles. The second kappa shape index (κ2) is 6.45. The van der Waals surface area contributed by atoms with E-state index in [0.717, 1.165) is 34.1 Å². The van der Waals surface area contributed by atoms with Gasteiger partial charge in [0.05, 0.1) is 28.1 Å². The van der Waals surface area contributed by atoms with Gasteiger partial charge in [-0.25, -0.2) is 5.01 Å². The van der Waals surface area contributed by atoms with E-state index < -0.39 is 0 Å². The first-order valence-electron chi connectivity index (χ1n) is 8.70. The Balaban J connectivity index is 1.61. The topological polar surface area (TPSA) is 34.1 Å². The predicted molar refractivity (Wildman–Crippen MR) is 105 cm³/mol. The Morgan fingerprint density at radius 2 is 2.04 bits per heavy atom. The number of rotatable bonds is 4.